The Labute approximate surface area is 78.5 Å². The van der Waals surface area contributed by atoms with Gasteiger partial charge in [0.15, 0.2) is 0 Å². The van der Waals surface area contributed by atoms with E-state index >= 15 is 0 Å². The van der Waals surface area contributed by atoms with E-state index in [-0.39, 0.29) is 17.9 Å². The molecule has 74 valence electrons. The summed E-state index contributed by atoms with van der Waals surface area (Å²) < 4.78 is 0. The number of hydrogen-bond donors (Lipinski definition) is 2. The summed E-state index contributed by atoms with van der Waals surface area (Å²) in [4.78, 5) is 11.6. The van der Waals surface area contributed by atoms with Gasteiger partial charge in [-0.15, -0.1) is 0 Å². The Balaban J connectivity index is 1.99. The third-order valence-corrected chi connectivity index (χ3v) is 3.69. The van der Waals surface area contributed by atoms with Crippen LogP contribution in [0, 0.1) is 11.3 Å². The van der Waals surface area contributed by atoms with E-state index in [4.69, 9.17) is 5.11 Å². The van der Waals surface area contributed by atoms with Gasteiger partial charge < -0.3 is 10.4 Å². The lowest BCUT2D eigenvalue weighted by atomic mass is 9.70. The van der Waals surface area contributed by atoms with E-state index in [0.717, 1.165) is 38.6 Å². The van der Waals surface area contributed by atoms with Gasteiger partial charge in [0.2, 0.25) is 5.91 Å². The van der Waals surface area contributed by atoms with Crippen LogP contribution >= 0.6 is 0 Å². The highest BCUT2D eigenvalue weighted by Gasteiger charge is 2.44. The van der Waals surface area contributed by atoms with Crippen molar-refractivity contribution in [2.75, 3.05) is 13.2 Å². The first-order chi connectivity index (χ1) is 6.27. The van der Waals surface area contributed by atoms with Gasteiger partial charge in [0.1, 0.15) is 0 Å². The molecule has 2 rings (SSSR count). The van der Waals surface area contributed by atoms with Crippen LogP contribution in [0.15, 0.2) is 0 Å². The summed E-state index contributed by atoms with van der Waals surface area (Å²) in [5.41, 5.74) is -0.0499. The standard InChI is InChI=1S/C10H17NO2/c12-7-8-1-3-10(4-2-8)5-6-11-9(10)13/h8,12H,1-7H2,(H,11,13). The van der Waals surface area contributed by atoms with Crippen molar-refractivity contribution in [3.05, 3.63) is 0 Å². The first-order valence-electron chi connectivity index (χ1n) is 5.16. The molecule has 2 N–H and O–H groups in total. The van der Waals surface area contributed by atoms with Gasteiger partial charge in [-0.25, -0.2) is 0 Å². The van der Waals surface area contributed by atoms with Crippen molar-refractivity contribution in [2.24, 2.45) is 11.3 Å². The fraction of sp³-hybridized carbons (Fsp3) is 0.900. The molecule has 2 fully saturated rings. The van der Waals surface area contributed by atoms with Crippen LogP contribution < -0.4 is 5.32 Å². The Morgan fingerprint density at radius 1 is 1.38 bits per heavy atom. The lowest BCUT2D eigenvalue weighted by Gasteiger charge is -2.34. The molecule has 0 aromatic rings. The smallest absolute Gasteiger partial charge is 0.226 e. The molecule has 1 saturated carbocycles. The second kappa shape index (κ2) is 3.29. The van der Waals surface area contributed by atoms with E-state index in [1.165, 1.54) is 0 Å². The molecule has 3 nitrogen and oxygen atoms in total. The number of carbonyl (C=O) groups is 1. The predicted octanol–water partition coefficient (Wildman–Crippen LogP) is 0.675. The molecule has 1 amide bonds. The quantitative estimate of drug-likeness (QED) is 0.628. The van der Waals surface area contributed by atoms with Gasteiger partial charge in [-0.3, -0.25) is 4.79 Å². The highest BCUT2D eigenvalue weighted by molar-refractivity contribution is 5.84. The Morgan fingerprint density at radius 2 is 2.08 bits per heavy atom. The molecule has 0 aromatic carbocycles. The van der Waals surface area contributed by atoms with Crippen molar-refractivity contribution in [3.63, 3.8) is 0 Å². The first kappa shape index (κ1) is 9.00. The van der Waals surface area contributed by atoms with Crippen LogP contribution in [0.2, 0.25) is 0 Å². The molecule has 0 atom stereocenters. The minimum Gasteiger partial charge on any atom is -0.396 e. The number of hydrogen-bond acceptors (Lipinski definition) is 2. The monoisotopic (exact) mass is 183 g/mol. The molecule has 0 bridgehead atoms. The normalized spacial score (nSPS) is 39.5. The summed E-state index contributed by atoms with van der Waals surface area (Å²) in [6.07, 6.45) is 4.99. The minimum absolute atomic E-state index is 0.0499. The Morgan fingerprint density at radius 3 is 2.54 bits per heavy atom. The zero-order valence-electron chi connectivity index (χ0n) is 7.88. The number of rotatable bonds is 1. The van der Waals surface area contributed by atoms with Gasteiger partial charge in [0.25, 0.3) is 0 Å². The molecule has 0 aromatic heterocycles. The molecule has 1 aliphatic heterocycles. The van der Waals surface area contributed by atoms with Gasteiger partial charge in [0, 0.05) is 13.2 Å². The van der Waals surface area contributed by atoms with E-state index in [9.17, 15) is 4.79 Å². The third-order valence-electron chi connectivity index (χ3n) is 3.69. The molecule has 1 heterocycles. The Hall–Kier alpha value is -0.570. The Bertz CT molecular complexity index is 207. The van der Waals surface area contributed by atoms with Gasteiger partial charge in [-0.2, -0.15) is 0 Å². The Kier molecular flexibility index (Phi) is 2.28. The highest BCUT2D eigenvalue weighted by Crippen LogP contribution is 2.43. The second-order valence-corrected chi connectivity index (χ2v) is 4.41. The van der Waals surface area contributed by atoms with Crippen molar-refractivity contribution in [2.45, 2.75) is 32.1 Å². The zero-order valence-corrected chi connectivity index (χ0v) is 7.88. The van der Waals surface area contributed by atoms with E-state index in [1.54, 1.807) is 0 Å². The maximum Gasteiger partial charge on any atom is 0.226 e. The summed E-state index contributed by atoms with van der Waals surface area (Å²) >= 11 is 0. The lowest BCUT2D eigenvalue weighted by molar-refractivity contribution is -0.129. The van der Waals surface area contributed by atoms with E-state index < -0.39 is 0 Å². The van der Waals surface area contributed by atoms with E-state index in [2.05, 4.69) is 5.32 Å². The molecule has 13 heavy (non-hydrogen) atoms. The van der Waals surface area contributed by atoms with Crippen LogP contribution in [-0.4, -0.2) is 24.2 Å². The summed E-state index contributed by atoms with van der Waals surface area (Å²) in [6.45, 7) is 1.14. The van der Waals surface area contributed by atoms with Crippen molar-refractivity contribution in [3.8, 4) is 0 Å². The molecular formula is C10H17NO2. The fourth-order valence-corrected chi connectivity index (χ4v) is 2.61. The SMILES string of the molecule is O=C1NCCC12CCC(CO)CC2. The van der Waals surface area contributed by atoms with Crippen molar-refractivity contribution in [1.29, 1.82) is 0 Å². The average Bonchev–Trinajstić information content (AvgIpc) is 2.50. The van der Waals surface area contributed by atoms with Crippen molar-refractivity contribution < 1.29 is 9.90 Å². The minimum atomic E-state index is -0.0499. The molecule has 0 radical (unpaired) electrons. The van der Waals surface area contributed by atoms with Crippen molar-refractivity contribution in [1.82, 2.24) is 5.32 Å². The molecule has 1 spiro atoms. The zero-order chi connectivity index (χ0) is 9.31. The number of nitrogens with one attached hydrogen (secondary N) is 1. The van der Waals surface area contributed by atoms with Crippen molar-refractivity contribution >= 4 is 5.91 Å². The van der Waals surface area contributed by atoms with Crippen LogP contribution in [0.25, 0.3) is 0 Å². The van der Waals surface area contributed by atoms with Crippen LogP contribution in [0.5, 0.6) is 0 Å². The summed E-state index contributed by atoms with van der Waals surface area (Å²) in [5.74, 6) is 0.697. The fourth-order valence-electron chi connectivity index (χ4n) is 2.61. The topological polar surface area (TPSA) is 49.3 Å². The van der Waals surface area contributed by atoms with Gasteiger partial charge >= 0.3 is 0 Å². The molecule has 3 heteroatoms. The first-order valence-corrected chi connectivity index (χ1v) is 5.16. The average molecular weight is 183 g/mol. The van der Waals surface area contributed by atoms with Gasteiger partial charge in [0.05, 0.1) is 5.41 Å². The van der Waals surface area contributed by atoms with E-state index in [0.29, 0.717) is 5.92 Å². The van der Waals surface area contributed by atoms with Crippen LogP contribution in [-0.2, 0) is 4.79 Å². The summed E-state index contributed by atoms with van der Waals surface area (Å²) in [6, 6.07) is 0. The highest BCUT2D eigenvalue weighted by atomic mass is 16.3. The summed E-state index contributed by atoms with van der Waals surface area (Å²) in [5, 5.41) is 11.9. The van der Waals surface area contributed by atoms with Crippen LogP contribution in [0.3, 0.4) is 0 Å². The molecule has 2 aliphatic rings. The maximum atomic E-state index is 11.6. The van der Waals surface area contributed by atoms with Gasteiger partial charge in [-0.1, -0.05) is 0 Å². The summed E-state index contributed by atoms with van der Waals surface area (Å²) in [7, 11) is 0. The van der Waals surface area contributed by atoms with Gasteiger partial charge in [-0.05, 0) is 38.0 Å². The predicted molar refractivity (Wildman–Crippen MR) is 49.1 cm³/mol. The number of aliphatic hydroxyl groups is 1. The van der Waals surface area contributed by atoms with Crippen LogP contribution in [0.1, 0.15) is 32.1 Å². The van der Waals surface area contributed by atoms with Crippen LogP contribution in [0.4, 0.5) is 0 Å². The third kappa shape index (κ3) is 1.46. The molecular weight excluding hydrogens is 166 g/mol. The molecule has 1 aliphatic carbocycles. The number of carbonyl (C=O) groups excluding carboxylic acids is 1. The molecule has 1 saturated heterocycles. The largest absolute Gasteiger partial charge is 0.396 e. The number of aliphatic hydroxyl groups excluding tert-OH is 1. The number of amides is 1. The maximum absolute atomic E-state index is 11.6. The second-order valence-electron chi connectivity index (χ2n) is 4.41. The molecule has 0 unspecified atom stereocenters. The lowest BCUT2D eigenvalue weighted by Crippen LogP contribution is -2.35. The van der Waals surface area contributed by atoms with E-state index in [1.807, 2.05) is 0 Å².